The number of rotatable bonds is 1. The van der Waals surface area contributed by atoms with Gasteiger partial charge in [-0.15, -0.1) is 0 Å². The third-order valence-corrected chi connectivity index (χ3v) is 11.1. The van der Waals surface area contributed by atoms with Crippen LogP contribution in [0.4, 0.5) is 19.0 Å². The average molecular weight is 635 g/mol. The molecular formula is C36H45F3N6O. The summed E-state index contributed by atoms with van der Waals surface area (Å²) in [5.74, 6) is -4.85. The third-order valence-electron chi connectivity index (χ3n) is 11.1. The Bertz CT molecular complexity index is 1680. The summed E-state index contributed by atoms with van der Waals surface area (Å²) in [4.78, 5) is 25.3. The van der Waals surface area contributed by atoms with E-state index in [0.29, 0.717) is 54.6 Å². The first-order chi connectivity index (χ1) is 22.0. The molecule has 0 spiro atoms. The minimum atomic E-state index is -3.34. The van der Waals surface area contributed by atoms with Crippen molar-refractivity contribution in [2.75, 3.05) is 5.32 Å². The van der Waals surface area contributed by atoms with Crippen LogP contribution in [0.1, 0.15) is 115 Å². The third kappa shape index (κ3) is 5.59. The maximum Gasteiger partial charge on any atom is 0.278 e. The zero-order chi connectivity index (χ0) is 32.8. The lowest BCUT2D eigenvalue weighted by molar-refractivity contribution is -0.112. The number of benzene rings is 1. The van der Waals surface area contributed by atoms with E-state index in [1.165, 1.54) is 24.5 Å². The quantitative estimate of drug-likeness (QED) is 0.292. The van der Waals surface area contributed by atoms with E-state index in [9.17, 15) is 10.1 Å². The molecule has 1 aromatic carbocycles. The summed E-state index contributed by atoms with van der Waals surface area (Å²) < 4.78 is 50.4. The molecule has 1 saturated heterocycles. The minimum absolute atomic E-state index is 0.0471. The molecule has 3 aromatic rings. The Kier molecular flexibility index (Phi) is 8.92. The van der Waals surface area contributed by atoms with Gasteiger partial charge >= 0.3 is 0 Å². The molecule has 7 nitrogen and oxygen atoms in total. The van der Waals surface area contributed by atoms with Crippen molar-refractivity contribution in [1.29, 1.82) is 5.26 Å². The predicted molar refractivity (Wildman–Crippen MR) is 173 cm³/mol. The Morgan fingerprint density at radius 2 is 1.67 bits per heavy atom. The van der Waals surface area contributed by atoms with Gasteiger partial charge in [-0.05, 0) is 78.7 Å². The lowest BCUT2D eigenvalue weighted by atomic mass is 9.66. The smallest absolute Gasteiger partial charge is 0.278 e. The topological polar surface area (TPSA) is 86.8 Å². The van der Waals surface area contributed by atoms with Crippen molar-refractivity contribution >= 4 is 16.9 Å². The lowest BCUT2D eigenvalue weighted by Crippen LogP contribution is -2.53. The number of aryl methyl sites for hydroxylation is 1. The van der Waals surface area contributed by atoms with Crippen molar-refractivity contribution in [3.05, 3.63) is 63.5 Å². The summed E-state index contributed by atoms with van der Waals surface area (Å²) >= 11 is 0. The molecular weight excluding hydrogens is 589 g/mol. The van der Waals surface area contributed by atoms with Crippen LogP contribution in [0.5, 0.6) is 0 Å². The summed E-state index contributed by atoms with van der Waals surface area (Å²) in [6.07, 6.45) is 8.69. The molecule has 8 bridgehead atoms. The van der Waals surface area contributed by atoms with Crippen molar-refractivity contribution < 1.29 is 13.2 Å². The van der Waals surface area contributed by atoms with Gasteiger partial charge in [0.05, 0.1) is 28.5 Å². The van der Waals surface area contributed by atoms with Gasteiger partial charge in [0.15, 0.2) is 0 Å². The highest BCUT2D eigenvalue weighted by Crippen LogP contribution is 2.47. The number of aromatic nitrogens is 3. The number of alkyl halides is 2. The fourth-order valence-corrected chi connectivity index (χ4v) is 8.44. The summed E-state index contributed by atoms with van der Waals surface area (Å²) in [7, 11) is 0. The van der Waals surface area contributed by atoms with Gasteiger partial charge in [-0.3, -0.25) is 14.3 Å². The second kappa shape index (κ2) is 12.6. The minimum Gasteiger partial charge on any atom is -0.363 e. The number of piperidine rings is 1. The fraction of sp³-hybridized carbons (Fsp3) is 0.611. The number of fused-ring (bicyclic) bond motifs is 9. The molecule has 0 amide bonds. The number of nitriles is 1. The Morgan fingerprint density at radius 1 is 0.957 bits per heavy atom. The summed E-state index contributed by atoms with van der Waals surface area (Å²) in [6.45, 7) is 8.39. The van der Waals surface area contributed by atoms with Crippen LogP contribution >= 0.6 is 0 Å². The van der Waals surface area contributed by atoms with Crippen LogP contribution in [0.3, 0.4) is 0 Å². The first kappa shape index (κ1) is 32.5. The zero-order valence-electron chi connectivity index (χ0n) is 27.3. The lowest BCUT2D eigenvalue weighted by Gasteiger charge is -2.47. The Labute approximate surface area is 269 Å². The number of anilines is 1. The second-order valence-electron chi connectivity index (χ2n) is 14.1. The molecule has 1 N–H and O–H groups in total. The molecule has 0 radical (unpaired) electrons. The molecule has 1 saturated carbocycles. The molecule has 2 aromatic heterocycles. The molecule has 3 aliphatic heterocycles. The fourth-order valence-electron chi connectivity index (χ4n) is 8.44. The summed E-state index contributed by atoms with van der Waals surface area (Å²) in [6, 6.07) is 7.80. The second-order valence-corrected chi connectivity index (χ2v) is 14.1. The van der Waals surface area contributed by atoms with Crippen LogP contribution in [0.2, 0.25) is 0 Å². The molecule has 5 heterocycles. The van der Waals surface area contributed by atoms with Gasteiger partial charge in [-0.2, -0.15) is 5.26 Å². The average Bonchev–Trinajstić information content (AvgIpc) is 2.99. The van der Waals surface area contributed by atoms with Gasteiger partial charge < -0.3 is 5.32 Å². The van der Waals surface area contributed by atoms with Gasteiger partial charge in [0.25, 0.3) is 11.5 Å². The highest BCUT2D eigenvalue weighted by atomic mass is 19.3. The van der Waals surface area contributed by atoms with E-state index in [4.69, 9.17) is 0 Å². The number of halogens is 3. The molecule has 7 rings (SSSR count). The van der Waals surface area contributed by atoms with Gasteiger partial charge in [-0.25, -0.2) is 23.1 Å². The van der Waals surface area contributed by atoms with Gasteiger partial charge in [0, 0.05) is 41.7 Å². The Balaban J connectivity index is 1.45. The van der Waals surface area contributed by atoms with Crippen molar-refractivity contribution in [3.63, 3.8) is 0 Å². The van der Waals surface area contributed by atoms with Crippen LogP contribution in [-0.2, 0) is 17.9 Å². The van der Waals surface area contributed by atoms with Gasteiger partial charge in [-0.1, -0.05) is 37.5 Å². The van der Waals surface area contributed by atoms with E-state index in [2.05, 4.69) is 33.2 Å². The maximum atomic E-state index is 16.3. The normalized spacial score (nSPS) is 29.7. The molecule has 4 atom stereocenters. The van der Waals surface area contributed by atoms with E-state index < -0.39 is 34.7 Å². The molecule has 2 fully saturated rings. The SMILES string of the molecule is CC1CCCCCCn2c(=O)c(C3(C#N)CCC3)cc3c(ncnc32)N[C@H](C)c2cccc(c2F)C(F)(F)C2CC(C)N1C(C)C2. The molecule has 1 aliphatic carbocycles. The van der Waals surface area contributed by atoms with E-state index >= 15 is 13.2 Å². The number of nitrogens with zero attached hydrogens (tertiary/aromatic N) is 5. The van der Waals surface area contributed by atoms with Crippen LogP contribution in [0.15, 0.2) is 35.4 Å². The van der Waals surface area contributed by atoms with Crippen molar-refractivity contribution in [1.82, 2.24) is 19.4 Å². The van der Waals surface area contributed by atoms with E-state index in [-0.39, 0.29) is 29.2 Å². The predicted octanol–water partition coefficient (Wildman–Crippen LogP) is 7.98. The highest BCUT2D eigenvalue weighted by molar-refractivity contribution is 5.87. The molecule has 246 valence electrons. The van der Waals surface area contributed by atoms with Crippen LogP contribution in [0.25, 0.3) is 11.0 Å². The standard InChI is InChI=1S/C36H45F3N6O/c1-22-11-7-5-6-8-16-44-33-28(19-30(34(44)46)35(20-40)14-10-15-35)32(41-21-42-33)43-25(4)27-12-9-13-29(31(27)37)36(38,39)26-17-23(2)45(22)24(3)18-26/h9,12-13,19,21-26H,5-8,10-11,14-18H2,1-4H3,(H,41,42,43)/t22?,23?,24?,25-,26?/m1/s1. The van der Waals surface area contributed by atoms with Crippen molar-refractivity contribution in [3.8, 4) is 6.07 Å². The molecule has 4 aliphatic rings. The van der Waals surface area contributed by atoms with Crippen molar-refractivity contribution in [2.24, 2.45) is 5.92 Å². The summed E-state index contributed by atoms with van der Waals surface area (Å²) in [5.41, 5.74) is -0.636. The number of hydrogen-bond donors (Lipinski definition) is 1. The largest absolute Gasteiger partial charge is 0.363 e. The molecule has 10 heteroatoms. The summed E-state index contributed by atoms with van der Waals surface area (Å²) in [5, 5.41) is 14.0. The number of hydrogen-bond acceptors (Lipinski definition) is 6. The first-order valence-electron chi connectivity index (χ1n) is 17.0. The van der Waals surface area contributed by atoms with Crippen molar-refractivity contribution in [2.45, 2.75) is 134 Å². The highest BCUT2D eigenvalue weighted by Gasteiger charge is 2.49. The van der Waals surface area contributed by atoms with Crippen LogP contribution in [-0.4, -0.2) is 37.6 Å². The van der Waals surface area contributed by atoms with Crippen LogP contribution < -0.4 is 10.9 Å². The number of nitrogens with one attached hydrogen (secondary N) is 1. The zero-order valence-corrected chi connectivity index (χ0v) is 27.3. The Hall–Kier alpha value is -3.45. The monoisotopic (exact) mass is 634 g/mol. The van der Waals surface area contributed by atoms with E-state index in [1.54, 1.807) is 17.6 Å². The Morgan fingerprint density at radius 3 is 2.35 bits per heavy atom. The first-order valence-corrected chi connectivity index (χ1v) is 17.0. The molecule has 46 heavy (non-hydrogen) atoms. The van der Waals surface area contributed by atoms with Crippen LogP contribution in [0, 0.1) is 23.1 Å². The van der Waals surface area contributed by atoms with E-state index in [0.717, 1.165) is 38.5 Å². The number of pyridine rings is 1. The molecule has 3 unspecified atom stereocenters. The van der Waals surface area contributed by atoms with Gasteiger partial charge in [0.1, 0.15) is 23.6 Å². The van der Waals surface area contributed by atoms with Gasteiger partial charge in [0.2, 0.25) is 0 Å². The van der Waals surface area contributed by atoms with E-state index in [1.807, 2.05) is 13.8 Å². The maximum absolute atomic E-state index is 16.3.